The maximum atomic E-state index is 2.48. The monoisotopic (exact) mass is 619 g/mol. The Hall–Kier alpha value is -5.44. The summed E-state index contributed by atoms with van der Waals surface area (Å²) in [5.41, 5.74) is 14.4. The third-order valence-electron chi connectivity index (χ3n) is 10.3. The fourth-order valence-corrected chi connectivity index (χ4v) is 8.17. The lowest BCUT2D eigenvalue weighted by atomic mass is 9.79. The molecule has 2 aliphatic carbocycles. The van der Waals surface area contributed by atoms with Crippen molar-refractivity contribution >= 4 is 51.0 Å². The molecule has 48 heavy (non-hydrogen) atoms. The van der Waals surface area contributed by atoms with E-state index in [2.05, 4.69) is 163 Å². The van der Waals surface area contributed by atoms with Crippen molar-refractivity contribution in [2.24, 2.45) is 0 Å². The molecule has 5 aromatic carbocycles. The first kappa shape index (κ1) is 28.8. The van der Waals surface area contributed by atoms with Gasteiger partial charge in [0.15, 0.2) is 0 Å². The maximum absolute atomic E-state index is 2.48. The van der Waals surface area contributed by atoms with E-state index >= 15 is 0 Å². The highest BCUT2D eigenvalue weighted by Crippen LogP contribution is 2.41. The molecule has 6 aromatic rings. The van der Waals surface area contributed by atoms with Crippen LogP contribution < -0.4 is 15.3 Å². The average Bonchev–Trinajstić information content (AvgIpc) is 3.74. The summed E-state index contributed by atoms with van der Waals surface area (Å²) < 4.78 is 2.44. The van der Waals surface area contributed by atoms with Crippen molar-refractivity contribution in [1.29, 1.82) is 0 Å². The highest BCUT2D eigenvalue weighted by molar-refractivity contribution is 6.09. The van der Waals surface area contributed by atoms with Crippen molar-refractivity contribution in [3.8, 4) is 22.3 Å². The van der Waals surface area contributed by atoms with E-state index in [0.717, 1.165) is 32.2 Å². The Morgan fingerprint density at radius 2 is 1.12 bits per heavy atom. The van der Waals surface area contributed by atoms with E-state index in [4.69, 9.17) is 0 Å². The van der Waals surface area contributed by atoms with Crippen molar-refractivity contribution in [2.75, 3.05) is 0 Å². The normalized spacial score (nSPS) is 16.8. The van der Waals surface area contributed by atoms with Crippen LogP contribution >= 0.6 is 0 Å². The molecule has 0 radical (unpaired) electrons. The van der Waals surface area contributed by atoms with Crippen LogP contribution in [-0.4, -0.2) is 4.57 Å². The van der Waals surface area contributed by atoms with Gasteiger partial charge in [-0.1, -0.05) is 115 Å². The number of hydrogen-bond acceptors (Lipinski definition) is 0. The zero-order chi connectivity index (χ0) is 32.0. The second kappa shape index (κ2) is 12.0. The van der Waals surface area contributed by atoms with Crippen LogP contribution in [0.15, 0.2) is 140 Å². The van der Waals surface area contributed by atoms with E-state index in [9.17, 15) is 0 Å². The zero-order valence-electron chi connectivity index (χ0n) is 27.4. The van der Waals surface area contributed by atoms with Gasteiger partial charge in [-0.2, -0.15) is 0 Å². The fraction of sp³-hybridized carbons (Fsp3) is 0.130. The zero-order valence-corrected chi connectivity index (χ0v) is 27.4. The third-order valence-corrected chi connectivity index (χ3v) is 10.3. The molecule has 3 aliphatic rings. The summed E-state index contributed by atoms with van der Waals surface area (Å²) in [4.78, 5) is 1.27. The van der Waals surface area contributed by atoms with E-state index in [0.29, 0.717) is 0 Å². The number of benzene rings is 5. The van der Waals surface area contributed by atoms with Gasteiger partial charge in [-0.05, 0) is 78.1 Å². The van der Waals surface area contributed by atoms with Crippen molar-refractivity contribution in [2.45, 2.75) is 39.2 Å². The minimum Gasteiger partial charge on any atom is -0.341 e. The molecule has 2 nitrogen and oxygen atoms in total. The summed E-state index contributed by atoms with van der Waals surface area (Å²) in [6, 6.07) is 38.0. The Morgan fingerprint density at radius 3 is 1.77 bits per heavy atom. The van der Waals surface area contributed by atoms with Crippen LogP contribution in [0, 0.1) is 0 Å². The summed E-state index contributed by atoms with van der Waals surface area (Å²) in [7, 11) is 0. The number of aromatic nitrogens is 1. The molecule has 0 spiro atoms. The highest BCUT2D eigenvalue weighted by atomic mass is 15.1. The number of rotatable bonds is 6. The van der Waals surface area contributed by atoms with Crippen LogP contribution in [0.5, 0.6) is 0 Å². The highest BCUT2D eigenvalue weighted by Gasteiger charge is 2.28. The summed E-state index contributed by atoms with van der Waals surface area (Å²) >= 11 is 0. The van der Waals surface area contributed by atoms with Gasteiger partial charge in [-0.15, -0.1) is 0 Å². The number of fused-ring (bicyclic) bond motifs is 4. The first-order chi connectivity index (χ1) is 23.8. The molecular formula is C46H39N2+. The van der Waals surface area contributed by atoms with Crippen LogP contribution in [0.1, 0.15) is 43.7 Å². The molecule has 1 aliphatic heterocycles. The minimum atomic E-state index is 0.950. The smallest absolute Gasteiger partial charge is 0.141 e. The fourth-order valence-electron chi connectivity index (χ4n) is 8.17. The van der Waals surface area contributed by atoms with Gasteiger partial charge in [-0.3, -0.25) is 0 Å². The Labute approximate surface area is 282 Å². The first-order valence-electron chi connectivity index (χ1n) is 17.5. The van der Waals surface area contributed by atoms with E-state index < -0.39 is 0 Å². The standard InChI is InChI=1S/C46H38N2/c1-2-48-41-26-16-15-25-37(41)38-29-36(27-28-42(38)48)47-30-39-40(31-47)44(33-19-9-4-10-20-33)46(35-23-13-6-14-24-35)45(34-21-11-5-12-22-34)43(39)32-17-7-3-8-18-32/h3,5,7-9,11-13,15-31H,2,4,6,10,14H2,1H3/p+1. The molecule has 232 valence electrons. The second-order valence-electron chi connectivity index (χ2n) is 13.1. The quantitative estimate of drug-likeness (QED) is 0.190. The topological polar surface area (TPSA) is 9.37 Å². The van der Waals surface area contributed by atoms with Gasteiger partial charge in [0.25, 0.3) is 0 Å². The molecule has 0 saturated heterocycles. The van der Waals surface area contributed by atoms with Crippen molar-refractivity contribution in [1.82, 2.24) is 4.57 Å². The third kappa shape index (κ3) is 4.67. The van der Waals surface area contributed by atoms with E-state index in [1.165, 1.54) is 87.4 Å². The molecule has 1 aromatic heterocycles. The molecule has 0 amide bonds. The minimum absolute atomic E-state index is 0.950. The van der Waals surface area contributed by atoms with Crippen LogP contribution in [0.2, 0.25) is 0 Å². The molecule has 0 fully saturated rings. The van der Waals surface area contributed by atoms with Crippen LogP contribution in [0.25, 0.3) is 67.6 Å². The lowest BCUT2D eigenvalue weighted by molar-refractivity contribution is -0.643. The Kier molecular flexibility index (Phi) is 7.17. The van der Waals surface area contributed by atoms with E-state index in [-0.39, 0.29) is 0 Å². The summed E-state index contributed by atoms with van der Waals surface area (Å²) in [5, 5.41) is 5.28. The molecule has 1 unspecified atom stereocenters. The lowest BCUT2D eigenvalue weighted by Gasteiger charge is -2.23. The first-order valence-corrected chi connectivity index (χ1v) is 17.5. The second-order valence-corrected chi connectivity index (χ2v) is 13.1. The molecule has 9 rings (SSSR count). The summed E-state index contributed by atoms with van der Waals surface area (Å²) in [5.74, 6) is 0. The molecule has 2 heterocycles. The number of nitrogens with zero attached hydrogens (tertiary/aromatic N) is 1. The van der Waals surface area contributed by atoms with Gasteiger partial charge < -0.3 is 4.57 Å². The Morgan fingerprint density at radius 1 is 0.542 bits per heavy atom. The lowest BCUT2D eigenvalue weighted by Crippen LogP contribution is -2.95. The number of aryl methyl sites for hydroxylation is 1. The van der Waals surface area contributed by atoms with Gasteiger partial charge in [0.05, 0.1) is 10.4 Å². The maximum Gasteiger partial charge on any atom is 0.141 e. The van der Waals surface area contributed by atoms with Gasteiger partial charge in [0, 0.05) is 51.6 Å². The number of para-hydroxylation sites is 1. The predicted octanol–water partition coefficient (Wildman–Crippen LogP) is 9.32. The molecule has 0 bridgehead atoms. The van der Waals surface area contributed by atoms with Crippen molar-refractivity contribution < 1.29 is 4.90 Å². The molecule has 2 heteroatoms. The summed E-state index contributed by atoms with van der Waals surface area (Å²) in [6.07, 6.45) is 23.6. The van der Waals surface area contributed by atoms with E-state index in [1.54, 1.807) is 0 Å². The summed E-state index contributed by atoms with van der Waals surface area (Å²) in [6.45, 7) is 3.19. The SMILES string of the molecule is CCn1c2ccccc2c2cc([NH+]3C=c4c(C5=CCCC=C5)c(C5=CCCC=C5)c(-c5ccccc5)c(-c5ccccc5)c4=C3)ccc21. The molecule has 1 N–H and O–H groups in total. The van der Waals surface area contributed by atoms with Crippen molar-refractivity contribution in [3.05, 3.63) is 161 Å². The average molecular weight is 620 g/mol. The van der Waals surface area contributed by atoms with E-state index in [1.807, 2.05) is 0 Å². The van der Waals surface area contributed by atoms with Gasteiger partial charge in [-0.25, -0.2) is 4.90 Å². The number of quaternary nitrogens is 1. The Bertz CT molecular complexity index is 2470. The van der Waals surface area contributed by atoms with Crippen LogP contribution in [-0.2, 0) is 6.54 Å². The molecule has 1 atom stereocenters. The van der Waals surface area contributed by atoms with Crippen molar-refractivity contribution in [3.63, 3.8) is 0 Å². The predicted molar refractivity (Wildman–Crippen MR) is 204 cm³/mol. The van der Waals surface area contributed by atoms with Gasteiger partial charge in [0.1, 0.15) is 18.1 Å². The van der Waals surface area contributed by atoms with Crippen LogP contribution in [0.3, 0.4) is 0 Å². The molecular weight excluding hydrogens is 581 g/mol. The van der Waals surface area contributed by atoms with Crippen LogP contribution in [0.4, 0.5) is 5.69 Å². The largest absolute Gasteiger partial charge is 0.341 e. The number of allylic oxidation sites excluding steroid dienone is 8. The van der Waals surface area contributed by atoms with Gasteiger partial charge >= 0.3 is 0 Å². The number of nitrogens with one attached hydrogen (secondary N) is 1. The Balaban J connectivity index is 1.40. The number of hydrogen-bond donors (Lipinski definition) is 1. The van der Waals surface area contributed by atoms with Gasteiger partial charge in [0.2, 0.25) is 0 Å². The molecule has 0 saturated carbocycles.